The molecule has 0 fully saturated rings. The molecular formula is C21H25BrClN. The Morgan fingerprint density at radius 2 is 1.54 bits per heavy atom. The molecule has 0 bridgehead atoms. The van der Waals surface area contributed by atoms with E-state index >= 15 is 0 Å². The Labute approximate surface area is 161 Å². The minimum Gasteiger partial charge on any atom is -0.293 e. The smallest absolute Gasteiger partial charge is 0.0601 e. The molecule has 1 nitrogen and oxygen atoms in total. The monoisotopic (exact) mass is 405 g/mol. The second-order valence-electron chi connectivity index (χ2n) is 5.50. The van der Waals surface area contributed by atoms with E-state index in [0.29, 0.717) is 5.92 Å². The first-order valence-corrected chi connectivity index (χ1v) is 9.03. The molecule has 1 unspecified atom stereocenters. The molecule has 0 saturated carbocycles. The van der Waals surface area contributed by atoms with Crippen LogP contribution in [0.25, 0.3) is 0 Å². The highest BCUT2D eigenvalue weighted by Crippen LogP contribution is 2.32. The van der Waals surface area contributed by atoms with Gasteiger partial charge >= 0.3 is 0 Å². The van der Waals surface area contributed by atoms with Crippen LogP contribution in [0.2, 0.25) is 0 Å². The number of hydrogen-bond acceptors (Lipinski definition) is 1. The summed E-state index contributed by atoms with van der Waals surface area (Å²) in [4.78, 5) is 2.34. The van der Waals surface area contributed by atoms with Gasteiger partial charge in [0, 0.05) is 16.8 Å². The van der Waals surface area contributed by atoms with Gasteiger partial charge in [-0.15, -0.1) is 18.3 Å². The Kier molecular flexibility index (Phi) is 9.79. The molecule has 0 amide bonds. The number of hydrogen-bond donors (Lipinski definition) is 0. The quantitative estimate of drug-likeness (QED) is 0.553. The highest BCUT2D eigenvalue weighted by atomic mass is 79.9. The molecule has 2 rings (SSSR count). The van der Waals surface area contributed by atoms with Crippen molar-refractivity contribution in [2.24, 2.45) is 0 Å². The Morgan fingerprint density at radius 3 is 2.17 bits per heavy atom. The van der Waals surface area contributed by atoms with Crippen LogP contribution in [0.1, 0.15) is 37.3 Å². The van der Waals surface area contributed by atoms with E-state index in [0.717, 1.165) is 30.5 Å². The summed E-state index contributed by atoms with van der Waals surface area (Å²) >= 11 is 3.69. The van der Waals surface area contributed by atoms with Crippen LogP contribution < -0.4 is 0 Å². The molecule has 0 aromatic heterocycles. The predicted molar refractivity (Wildman–Crippen MR) is 110 cm³/mol. The van der Waals surface area contributed by atoms with Gasteiger partial charge in [-0.3, -0.25) is 4.90 Å². The van der Waals surface area contributed by atoms with Crippen molar-refractivity contribution < 1.29 is 0 Å². The summed E-state index contributed by atoms with van der Waals surface area (Å²) in [7, 11) is 0. The average molecular weight is 407 g/mol. The standard InChI is InChI=1S/C21H24BrN.ClH/c1-3-23(4-2)17-11-10-14-19(18-12-6-5-7-13-18)20-15-8-9-16-21(20)22;/h5-9,12-13,15-16,19H,3-4,14,17H2,1-2H3;1H. The zero-order valence-electron chi connectivity index (χ0n) is 14.3. The Balaban J connectivity index is 0.00000288. The van der Waals surface area contributed by atoms with Crippen LogP contribution >= 0.6 is 28.3 Å². The van der Waals surface area contributed by atoms with E-state index in [4.69, 9.17) is 0 Å². The number of benzene rings is 2. The van der Waals surface area contributed by atoms with Crippen molar-refractivity contribution in [3.05, 3.63) is 70.2 Å². The molecule has 0 radical (unpaired) electrons. The zero-order chi connectivity index (χ0) is 16.5. The van der Waals surface area contributed by atoms with Gasteiger partial charge in [0.15, 0.2) is 0 Å². The maximum atomic E-state index is 3.69. The van der Waals surface area contributed by atoms with E-state index in [1.54, 1.807) is 0 Å². The Bertz CT molecular complexity index is 656. The van der Waals surface area contributed by atoms with Crippen molar-refractivity contribution in [1.82, 2.24) is 4.90 Å². The molecular weight excluding hydrogens is 382 g/mol. The van der Waals surface area contributed by atoms with Crippen LogP contribution in [0.5, 0.6) is 0 Å². The molecule has 0 N–H and O–H groups in total. The molecule has 0 heterocycles. The third-order valence-corrected chi connectivity index (χ3v) is 4.83. The minimum absolute atomic E-state index is 0. The van der Waals surface area contributed by atoms with E-state index in [9.17, 15) is 0 Å². The van der Waals surface area contributed by atoms with Crippen molar-refractivity contribution >= 4 is 28.3 Å². The van der Waals surface area contributed by atoms with Gasteiger partial charge < -0.3 is 0 Å². The third kappa shape index (κ3) is 5.98. The minimum atomic E-state index is 0. The second kappa shape index (κ2) is 11.3. The first-order valence-electron chi connectivity index (χ1n) is 8.23. The summed E-state index contributed by atoms with van der Waals surface area (Å²) < 4.78 is 1.15. The molecule has 0 aliphatic carbocycles. The molecule has 3 heteroatoms. The fraction of sp³-hybridized carbons (Fsp3) is 0.333. The summed E-state index contributed by atoms with van der Waals surface area (Å²) in [6.45, 7) is 7.32. The largest absolute Gasteiger partial charge is 0.293 e. The van der Waals surface area contributed by atoms with Gasteiger partial charge in [0.1, 0.15) is 0 Å². The lowest BCUT2D eigenvalue weighted by atomic mass is 9.89. The maximum absolute atomic E-state index is 3.69. The number of nitrogens with zero attached hydrogens (tertiary/aromatic N) is 1. The number of halogens is 2. The van der Waals surface area contributed by atoms with E-state index in [-0.39, 0.29) is 12.4 Å². The van der Waals surface area contributed by atoms with Crippen molar-refractivity contribution in [1.29, 1.82) is 0 Å². The van der Waals surface area contributed by atoms with Crippen LogP contribution in [0, 0.1) is 11.8 Å². The summed E-state index contributed by atoms with van der Waals surface area (Å²) in [5.41, 5.74) is 2.62. The van der Waals surface area contributed by atoms with E-state index < -0.39 is 0 Å². The predicted octanol–water partition coefficient (Wildman–Crippen LogP) is 5.74. The Morgan fingerprint density at radius 1 is 0.917 bits per heavy atom. The molecule has 128 valence electrons. The normalized spacial score (nSPS) is 11.3. The summed E-state index contributed by atoms with van der Waals surface area (Å²) in [6.07, 6.45) is 0.841. The molecule has 2 aromatic rings. The van der Waals surface area contributed by atoms with Crippen molar-refractivity contribution in [3.8, 4) is 11.8 Å². The van der Waals surface area contributed by atoms with E-state index in [2.05, 4.69) is 101 Å². The molecule has 0 aliphatic heterocycles. The fourth-order valence-electron chi connectivity index (χ4n) is 2.64. The van der Waals surface area contributed by atoms with Gasteiger partial charge in [0.05, 0.1) is 6.54 Å². The van der Waals surface area contributed by atoms with Crippen molar-refractivity contribution in [2.75, 3.05) is 19.6 Å². The van der Waals surface area contributed by atoms with Gasteiger partial charge in [0.2, 0.25) is 0 Å². The van der Waals surface area contributed by atoms with Crippen molar-refractivity contribution in [3.63, 3.8) is 0 Å². The van der Waals surface area contributed by atoms with Gasteiger partial charge in [-0.05, 0) is 30.3 Å². The highest BCUT2D eigenvalue weighted by Gasteiger charge is 2.15. The van der Waals surface area contributed by atoms with Gasteiger partial charge in [-0.1, -0.05) is 84.2 Å². The molecule has 0 aliphatic rings. The van der Waals surface area contributed by atoms with Crippen LogP contribution in [0.4, 0.5) is 0 Å². The summed E-state index contributed by atoms with van der Waals surface area (Å²) in [5, 5.41) is 0. The lowest BCUT2D eigenvalue weighted by Gasteiger charge is -2.17. The second-order valence-corrected chi connectivity index (χ2v) is 6.36. The molecule has 2 aromatic carbocycles. The lowest BCUT2D eigenvalue weighted by molar-refractivity contribution is 0.342. The maximum Gasteiger partial charge on any atom is 0.0601 e. The third-order valence-electron chi connectivity index (χ3n) is 4.11. The van der Waals surface area contributed by atoms with Crippen molar-refractivity contribution in [2.45, 2.75) is 26.2 Å². The van der Waals surface area contributed by atoms with Gasteiger partial charge in [0.25, 0.3) is 0 Å². The van der Waals surface area contributed by atoms with E-state index in [1.165, 1.54) is 11.1 Å². The summed E-state index contributed by atoms with van der Waals surface area (Å²) in [6, 6.07) is 19.1. The van der Waals surface area contributed by atoms with Gasteiger partial charge in [-0.25, -0.2) is 0 Å². The molecule has 24 heavy (non-hydrogen) atoms. The lowest BCUT2D eigenvalue weighted by Crippen LogP contribution is -2.22. The zero-order valence-corrected chi connectivity index (χ0v) is 16.7. The molecule has 0 spiro atoms. The highest BCUT2D eigenvalue weighted by molar-refractivity contribution is 9.10. The fourth-order valence-corrected chi connectivity index (χ4v) is 3.20. The van der Waals surface area contributed by atoms with Crippen LogP contribution in [0.3, 0.4) is 0 Å². The Hall–Kier alpha value is -1.27. The summed E-state index contributed by atoms with van der Waals surface area (Å²) in [5.74, 6) is 7.04. The topological polar surface area (TPSA) is 3.24 Å². The van der Waals surface area contributed by atoms with E-state index in [1.807, 2.05) is 0 Å². The van der Waals surface area contributed by atoms with Crippen LogP contribution in [0.15, 0.2) is 59.1 Å². The van der Waals surface area contributed by atoms with Crippen LogP contribution in [-0.2, 0) is 0 Å². The SMILES string of the molecule is CCN(CC)CC#CCC(c1ccccc1)c1ccccc1Br.Cl. The first kappa shape index (κ1) is 20.8. The number of rotatable bonds is 6. The average Bonchev–Trinajstić information content (AvgIpc) is 2.60. The first-order chi connectivity index (χ1) is 11.3. The van der Waals surface area contributed by atoms with Crippen LogP contribution in [-0.4, -0.2) is 24.5 Å². The molecule has 1 atom stereocenters. The molecule has 0 saturated heterocycles. The van der Waals surface area contributed by atoms with Gasteiger partial charge in [-0.2, -0.15) is 0 Å².